The van der Waals surface area contributed by atoms with Crippen molar-refractivity contribution in [2.75, 3.05) is 0 Å². The summed E-state index contributed by atoms with van der Waals surface area (Å²) >= 11 is 0. The Hall–Kier alpha value is -2.36. The Labute approximate surface area is 99.2 Å². The molecule has 0 atom stereocenters. The van der Waals surface area contributed by atoms with E-state index in [0.717, 1.165) is 16.9 Å². The van der Waals surface area contributed by atoms with Gasteiger partial charge in [0.2, 0.25) is 0 Å². The molecule has 0 bridgehead atoms. The van der Waals surface area contributed by atoms with Gasteiger partial charge in [0.1, 0.15) is 12.4 Å². The third-order valence-corrected chi connectivity index (χ3v) is 2.22. The number of nitrogens with zero attached hydrogens (tertiary/aromatic N) is 2. The number of hydrogen-bond donors (Lipinski definition) is 1. The molecule has 0 saturated carbocycles. The summed E-state index contributed by atoms with van der Waals surface area (Å²) in [5.41, 5.74) is 1.84. The minimum absolute atomic E-state index is 0.487. The topological polar surface area (TPSA) is 54.7 Å². The molecule has 4 heteroatoms. The van der Waals surface area contributed by atoms with Gasteiger partial charge in [-0.05, 0) is 35.9 Å². The van der Waals surface area contributed by atoms with Crippen molar-refractivity contribution in [3.8, 4) is 5.75 Å². The Bertz CT molecular complexity index is 481. The molecule has 0 amide bonds. The van der Waals surface area contributed by atoms with Gasteiger partial charge >= 0.3 is 0 Å². The maximum absolute atomic E-state index is 8.37. The monoisotopic (exact) mass is 228 g/mol. The molecular formula is C13H12N2O2. The Morgan fingerprint density at radius 3 is 2.71 bits per heavy atom. The summed E-state index contributed by atoms with van der Waals surface area (Å²) in [5, 5.41) is 11.3. The first-order valence-corrected chi connectivity index (χ1v) is 5.18. The van der Waals surface area contributed by atoms with Gasteiger partial charge in [0.15, 0.2) is 0 Å². The van der Waals surface area contributed by atoms with Crippen LogP contribution < -0.4 is 4.74 Å². The highest BCUT2D eigenvalue weighted by Crippen LogP contribution is 2.13. The van der Waals surface area contributed by atoms with Crippen LogP contribution >= 0.6 is 0 Å². The maximum Gasteiger partial charge on any atom is 0.119 e. The van der Waals surface area contributed by atoms with Crippen molar-refractivity contribution >= 4 is 6.21 Å². The molecule has 0 spiro atoms. The van der Waals surface area contributed by atoms with Crippen LogP contribution in [0.3, 0.4) is 0 Å². The largest absolute Gasteiger partial charge is 0.489 e. The molecule has 0 aliphatic carbocycles. The zero-order valence-electron chi connectivity index (χ0n) is 9.15. The first kappa shape index (κ1) is 11.1. The molecule has 0 saturated heterocycles. The maximum atomic E-state index is 8.37. The summed E-state index contributed by atoms with van der Waals surface area (Å²) in [5.74, 6) is 0.768. The van der Waals surface area contributed by atoms with Crippen LogP contribution in [0.5, 0.6) is 5.75 Å². The van der Waals surface area contributed by atoms with Crippen LogP contribution in [-0.2, 0) is 6.61 Å². The number of benzene rings is 1. The summed E-state index contributed by atoms with van der Waals surface area (Å²) in [6, 6.07) is 11.1. The summed E-state index contributed by atoms with van der Waals surface area (Å²) in [7, 11) is 0. The van der Waals surface area contributed by atoms with Crippen LogP contribution in [0.2, 0.25) is 0 Å². The second-order valence-corrected chi connectivity index (χ2v) is 3.46. The van der Waals surface area contributed by atoms with E-state index in [1.165, 1.54) is 6.21 Å². The molecule has 1 aromatic carbocycles. The Balaban J connectivity index is 1.95. The average molecular weight is 228 g/mol. The predicted octanol–water partition coefficient (Wildman–Crippen LogP) is 2.47. The number of pyridine rings is 1. The fourth-order valence-electron chi connectivity index (χ4n) is 1.37. The number of oxime groups is 1. The van der Waals surface area contributed by atoms with Crippen LogP contribution in [-0.4, -0.2) is 16.4 Å². The van der Waals surface area contributed by atoms with E-state index in [4.69, 9.17) is 9.94 Å². The van der Waals surface area contributed by atoms with Crippen LogP contribution in [0.15, 0.2) is 53.9 Å². The van der Waals surface area contributed by atoms with Crippen LogP contribution in [0, 0.1) is 0 Å². The smallest absolute Gasteiger partial charge is 0.119 e. The second-order valence-electron chi connectivity index (χ2n) is 3.46. The van der Waals surface area contributed by atoms with Crippen molar-refractivity contribution in [2.24, 2.45) is 5.16 Å². The van der Waals surface area contributed by atoms with E-state index in [1.54, 1.807) is 12.4 Å². The van der Waals surface area contributed by atoms with Crippen molar-refractivity contribution in [1.82, 2.24) is 4.98 Å². The summed E-state index contributed by atoms with van der Waals surface area (Å²) in [4.78, 5) is 4.01. The fourth-order valence-corrected chi connectivity index (χ4v) is 1.37. The van der Waals surface area contributed by atoms with Crippen molar-refractivity contribution in [1.29, 1.82) is 0 Å². The molecule has 86 valence electrons. The van der Waals surface area contributed by atoms with Gasteiger partial charge in [-0.25, -0.2) is 0 Å². The summed E-state index contributed by atoms with van der Waals surface area (Å²) < 4.78 is 5.58. The van der Waals surface area contributed by atoms with Gasteiger partial charge < -0.3 is 9.94 Å². The van der Waals surface area contributed by atoms with E-state index in [0.29, 0.717) is 6.61 Å². The third-order valence-electron chi connectivity index (χ3n) is 2.22. The van der Waals surface area contributed by atoms with E-state index >= 15 is 0 Å². The Morgan fingerprint density at radius 1 is 1.24 bits per heavy atom. The molecule has 1 aromatic heterocycles. The Morgan fingerprint density at radius 2 is 2.06 bits per heavy atom. The molecule has 1 heterocycles. The lowest BCUT2D eigenvalue weighted by Gasteiger charge is -2.05. The normalized spacial score (nSPS) is 10.6. The highest BCUT2D eigenvalue weighted by molar-refractivity contribution is 5.79. The quantitative estimate of drug-likeness (QED) is 0.497. The second kappa shape index (κ2) is 5.65. The van der Waals surface area contributed by atoms with Crippen LogP contribution in [0.25, 0.3) is 0 Å². The zero-order valence-corrected chi connectivity index (χ0v) is 9.15. The predicted molar refractivity (Wildman–Crippen MR) is 64.4 cm³/mol. The molecule has 0 unspecified atom stereocenters. The van der Waals surface area contributed by atoms with Crippen LogP contribution in [0.4, 0.5) is 0 Å². The first-order chi connectivity index (χ1) is 8.38. The molecule has 0 aliphatic heterocycles. The van der Waals surface area contributed by atoms with E-state index in [9.17, 15) is 0 Å². The standard InChI is InChI=1S/C13H12N2O2/c16-15-9-11-3-5-13(6-4-11)17-10-12-2-1-7-14-8-12/h1-9,16H,10H2. The molecular weight excluding hydrogens is 216 g/mol. The highest BCUT2D eigenvalue weighted by Gasteiger charge is 1.96. The van der Waals surface area contributed by atoms with Crippen molar-refractivity contribution in [2.45, 2.75) is 6.61 Å². The number of rotatable bonds is 4. The molecule has 0 aliphatic rings. The summed E-state index contributed by atoms with van der Waals surface area (Å²) in [6.07, 6.45) is 4.87. The minimum atomic E-state index is 0.487. The van der Waals surface area contributed by atoms with Crippen molar-refractivity contribution < 1.29 is 9.94 Å². The lowest BCUT2D eigenvalue weighted by Crippen LogP contribution is -1.95. The van der Waals surface area contributed by atoms with Gasteiger partial charge in [-0.1, -0.05) is 11.2 Å². The minimum Gasteiger partial charge on any atom is -0.489 e. The number of hydrogen-bond acceptors (Lipinski definition) is 4. The highest BCUT2D eigenvalue weighted by atomic mass is 16.5. The molecule has 4 nitrogen and oxygen atoms in total. The van der Waals surface area contributed by atoms with E-state index in [1.807, 2.05) is 36.4 Å². The molecule has 2 aromatic rings. The van der Waals surface area contributed by atoms with Crippen molar-refractivity contribution in [3.05, 3.63) is 59.9 Å². The number of aromatic nitrogens is 1. The first-order valence-electron chi connectivity index (χ1n) is 5.18. The zero-order chi connectivity index (χ0) is 11.9. The van der Waals surface area contributed by atoms with Crippen molar-refractivity contribution in [3.63, 3.8) is 0 Å². The van der Waals surface area contributed by atoms with E-state index in [2.05, 4.69) is 10.1 Å². The van der Waals surface area contributed by atoms with Gasteiger partial charge in [-0.3, -0.25) is 4.98 Å². The fraction of sp³-hybridized carbons (Fsp3) is 0.0769. The summed E-state index contributed by atoms with van der Waals surface area (Å²) in [6.45, 7) is 0.487. The molecule has 0 fully saturated rings. The van der Waals surface area contributed by atoms with Gasteiger partial charge in [0.05, 0.1) is 6.21 Å². The SMILES string of the molecule is ON=Cc1ccc(OCc2cccnc2)cc1. The lowest BCUT2D eigenvalue weighted by atomic mass is 10.2. The van der Waals surface area contributed by atoms with Crippen LogP contribution in [0.1, 0.15) is 11.1 Å². The molecule has 17 heavy (non-hydrogen) atoms. The van der Waals surface area contributed by atoms with E-state index < -0.39 is 0 Å². The van der Waals surface area contributed by atoms with Gasteiger partial charge in [0, 0.05) is 18.0 Å². The third kappa shape index (κ3) is 3.31. The molecule has 0 radical (unpaired) electrons. The number of ether oxygens (including phenoxy) is 1. The van der Waals surface area contributed by atoms with Gasteiger partial charge in [-0.15, -0.1) is 0 Å². The van der Waals surface area contributed by atoms with Gasteiger partial charge in [-0.2, -0.15) is 0 Å². The Kier molecular flexibility index (Phi) is 3.70. The van der Waals surface area contributed by atoms with E-state index in [-0.39, 0.29) is 0 Å². The molecule has 1 N–H and O–H groups in total. The lowest BCUT2D eigenvalue weighted by molar-refractivity contribution is 0.305. The average Bonchev–Trinajstić information content (AvgIpc) is 2.40. The molecule has 2 rings (SSSR count). The van der Waals surface area contributed by atoms with Gasteiger partial charge in [0.25, 0.3) is 0 Å².